The van der Waals surface area contributed by atoms with E-state index in [4.69, 9.17) is 14.2 Å². The SMILES string of the molecule is CCCCOc1ccc(NC(=O)C2(OCC)CCCC(C)C2)cc1C(=O)OCC. The van der Waals surface area contributed by atoms with Crippen molar-refractivity contribution in [2.45, 2.75) is 71.8 Å². The third-order valence-electron chi connectivity index (χ3n) is 5.28. The fourth-order valence-electron chi connectivity index (χ4n) is 3.86. The summed E-state index contributed by atoms with van der Waals surface area (Å²) in [4.78, 5) is 25.6. The zero-order chi connectivity index (χ0) is 21.3. The highest BCUT2D eigenvalue weighted by atomic mass is 16.5. The fourth-order valence-corrected chi connectivity index (χ4v) is 3.86. The molecule has 1 aromatic rings. The Hall–Kier alpha value is -2.08. The van der Waals surface area contributed by atoms with Gasteiger partial charge in [0.25, 0.3) is 5.91 Å². The van der Waals surface area contributed by atoms with Crippen LogP contribution in [0.1, 0.15) is 76.6 Å². The standard InChI is InChI=1S/C23H35NO5/c1-5-8-14-28-20-12-11-18(15-19(20)21(25)27-6-2)24-22(26)23(29-7-3)13-9-10-17(4)16-23/h11-12,15,17H,5-10,13-14,16H2,1-4H3,(H,24,26). The molecular formula is C23H35NO5. The van der Waals surface area contributed by atoms with Gasteiger partial charge >= 0.3 is 5.97 Å². The van der Waals surface area contributed by atoms with Crippen LogP contribution in [0.4, 0.5) is 5.69 Å². The normalized spacial score (nSPS) is 21.4. The van der Waals surface area contributed by atoms with Crippen molar-refractivity contribution in [3.63, 3.8) is 0 Å². The number of nitrogens with one attached hydrogen (secondary N) is 1. The van der Waals surface area contributed by atoms with Gasteiger partial charge in [-0.2, -0.15) is 0 Å². The maximum atomic E-state index is 13.1. The van der Waals surface area contributed by atoms with Crippen LogP contribution in [-0.2, 0) is 14.3 Å². The molecule has 29 heavy (non-hydrogen) atoms. The van der Waals surface area contributed by atoms with E-state index in [2.05, 4.69) is 19.2 Å². The van der Waals surface area contributed by atoms with Crippen LogP contribution in [0.2, 0.25) is 0 Å². The van der Waals surface area contributed by atoms with E-state index in [-0.39, 0.29) is 12.5 Å². The maximum Gasteiger partial charge on any atom is 0.341 e. The van der Waals surface area contributed by atoms with E-state index in [0.29, 0.717) is 49.0 Å². The van der Waals surface area contributed by atoms with Crippen molar-refractivity contribution in [3.8, 4) is 5.75 Å². The second-order valence-corrected chi connectivity index (χ2v) is 7.72. The van der Waals surface area contributed by atoms with Crippen molar-refractivity contribution in [3.05, 3.63) is 23.8 Å². The number of amides is 1. The van der Waals surface area contributed by atoms with E-state index in [1.807, 2.05) is 6.92 Å². The van der Waals surface area contributed by atoms with Gasteiger partial charge in [-0.05, 0) is 63.6 Å². The molecule has 1 aliphatic rings. The van der Waals surface area contributed by atoms with Gasteiger partial charge in [0.15, 0.2) is 0 Å². The summed E-state index contributed by atoms with van der Waals surface area (Å²) in [6.45, 7) is 9.19. The minimum atomic E-state index is -0.813. The number of ether oxygens (including phenoxy) is 3. The third kappa shape index (κ3) is 6.20. The molecule has 0 aromatic heterocycles. The lowest BCUT2D eigenvalue weighted by molar-refractivity contribution is -0.147. The molecule has 1 saturated carbocycles. The van der Waals surface area contributed by atoms with Crippen molar-refractivity contribution < 1.29 is 23.8 Å². The van der Waals surface area contributed by atoms with Crippen LogP contribution in [-0.4, -0.2) is 37.3 Å². The summed E-state index contributed by atoms with van der Waals surface area (Å²) in [6, 6.07) is 5.10. The molecule has 0 aliphatic heterocycles. The summed E-state index contributed by atoms with van der Waals surface area (Å²) in [5.41, 5.74) is 0.0497. The molecule has 1 amide bonds. The Kier molecular flexibility index (Phi) is 8.96. The molecule has 0 heterocycles. The van der Waals surface area contributed by atoms with E-state index in [1.165, 1.54) is 0 Å². The fraction of sp³-hybridized carbons (Fsp3) is 0.652. The van der Waals surface area contributed by atoms with Crippen molar-refractivity contribution in [1.82, 2.24) is 0 Å². The Labute approximate surface area is 174 Å². The topological polar surface area (TPSA) is 73.9 Å². The number of carbonyl (C=O) groups excluding carboxylic acids is 2. The average molecular weight is 406 g/mol. The second-order valence-electron chi connectivity index (χ2n) is 7.72. The first-order chi connectivity index (χ1) is 14.0. The lowest BCUT2D eigenvalue weighted by Gasteiger charge is -2.38. The summed E-state index contributed by atoms with van der Waals surface area (Å²) >= 11 is 0. The quantitative estimate of drug-likeness (QED) is 0.440. The molecular weight excluding hydrogens is 370 g/mol. The van der Waals surface area contributed by atoms with E-state index in [9.17, 15) is 9.59 Å². The molecule has 2 atom stereocenters. The lowest BCUT2D eigenvalue weighted by Crippen LogP contribution is -2.48. The molecule has 162 valence electrons. The van der Waals surface area contributed by atoms with Crippen LogP contribution in [0.15, 0.2) is 18.2 Å². The largest absolute Gasteiger partial charge is 0.493 e. The average Bonchev–Trinajstić information content (AvgIpc) is 2.69. The van der Waals surface area contributed by atoms with Crippen LogP contribution in [0.3, 0.4) is 0 Å². The van der Waals surface area contributed by atoms with Crippen LogP contribution < -0.4 is 10.1 Å². The number of carbonyl (C=O) groups is 2. The van der Waals surface area contributed by atoms with Gasteiger partial charge in [0.05, 0.1) is 13.2 Å². The van der Waals surface area contributed by atoms with Crippen LogP contribution >= 0.6 is 0 Å². The first kappa shape index (κ1) is 23.2. The highest BCUT2D eigenvalue weighted by Gasteiger charge is 2.42. The van der Waals surface area contributed by atoms with Crippen molar-refractivity contribution >= 4 is 17.6 Å². The number of unbranched alkanes of at least 4 members (excludes halogenated alkanes) is 1. The smallest absolute Gasteiger partial charge is 0.341 e. The summed E-state index contributed by atoms with van der Waals surface area (Å²) in [5, 5.41) is 2.96. The first-order valence-electron chi connectivity index (χ1n) is 10.8. The Morgan fingerprint density at radius 1 is 1.21 bits per heavy atom. The molecule has 6 nitrogen and oxygen atoms in total. The predicted molar refractivity (Wildman–Crippen MR) is 113 cm³/mol. The highest BCUT2D eigenvalue weighted by Crippen LogP contribution is 2.36. The van der Waals surface area contributed by atoms with E-state index < -0.39 is 11.6 Å². The number of hydrogen-bond acceptors (Lipinski definition) is 5. The molecule has 0 spiro atoms. The molecule has 1 aliphatic carbocycles. The van der Waals surface area contributed by atoms with E-state index in [1.54, 1.807) is 25.1 Å². The number of anilines is 1. The lowest BCUT2D eigenvalue weighted by atomic mass is 9.78. The summed E-state index contributed by atoms with van der Waals surface area (Å²) in [6.07, 6.45) is 5.39. The molecule has 2 rings (SSSR count). The van der Waals surface area contributed by atoms with E-state index in [0.717, 1.165) is 25.7 Å². The summed E-state index contributed by atoms with van der Waals surface area (Å²) < 4.78 is 16.9. The van der Waals surface area contributed by atoms with Gasteiger partial charge < -0.3 is 19.5 Å². The Bertz CT molecular complexity index is 686. The molecule has 0 radical (unpaired) electrons. The molecule has 2 unspecified atom stereocenters. The molecule has 6 heteroatoms. The molecule has 1 aromatic carbocycles. The molecule has 0 saturated heterocycles. The van der Waals surface area contributed by atoms with Crippen molar-refractivity contribution in [1.29, 1.82) is 0 Å². The predicted octanol–water partition coefficient (Wildman–Crippen LogP) is 4.97. The van der Waals surface area contributed by atoms with Gasteiger partial charge in [-0.15, -0.1) is 0 Å². The number of esters is 1. The number of rotatable bonds is 10. The molecule has 1 fully saturated rings. The summed E-state index contributed by atoms with van der Waals surface area (Å²) in [7, 11) is 0. The van der Waals surface area contributed by atoms with Crippen LogP contribution in [0.25, 0.3) is 0 Å². The number of hydrogen-bond donors (Lipinski definition) is 1. The molecule has 1 N–H and O–H groups in total. The number of benzene rings is 1. The Balaban J connectivity index is 2.23. The van der Waals surface area contributed by atoms with E-state index >= 15 is 0 Å². The van der Waals surface area contributed by atoms with Gasteiger partial charge in [0.1, 0.15) is 16.9 Å². The van der Waals surface area contributed by atoms with Gasteiger partial charge in [0.2, 0.25) is 0 Å². The van der Waals surface area contributed by atoms with Crippen LogP contribution in [0, 0.1) is 5.92 Å². The Morgan fingerprint density at radius 2 is 2.00 bits per heavy atom. The monoisotopic (exact) mass is 405 g/mol. The van der Waals surface area contributed by atoms with Crippen LogP contribution in [0.5, 0.6) is 5.75 Å². The minimum Gasteiger partial charge on any atom is -0.493 e. The van der Waals surface area contributed by atoms with Gasteiger partial charge in [-0.25, -0.2) is 4.79 Å². The second kappa shape index (κ2) is 11.2. The maximum absolute atomic E-state index is 13.1. The summed E-state index contributed by atoms with van der Waals surface area (Å²) in [5.74, 6) is 0.299. The third-order valence-corrected chi connectivity index (χ3v) is 5.28. The Morgan fingerprint density at radius 3 is 2.66 bits per heavy atom. The molecule has 0 bridgehead atoms. The zero-order valence-electron chi connectivity index (χ0n) is 18.2. The van der Waals surface area contributed by atoms with Gasteiger partial charge in [-0.1, -0.05) is 26.7 Å². The van der Waals surface area contributed by atoms with Gasteiger partial charge in [0, 0.05) is 12.3 Å². The van der Waals surface area contributed by atoms with Crippen molar-refractivity contribution in [2.75, 3.05) is 25.1 Å². The first-order valence-corrected chi connectivity index (χ1v) is 10.8. The zero-order valence-corrected chi connectivity index (χ0v) is 18.2. The van der Waals surface area contributed by atoms with Crippen molar-refractivity contribution in [2.24, 2.45) is 5.92 Å². The van der Waals surface area contributed by atoms with Gasteiger partial charge in [-0.3, -0.25) is 4.79 Å². The highest BCUT2D eigenvalue weighted by molar-refractivity contribution is 5.99. The minimum absolute atomic E-state index is 0.152.